The average Bonchev–Trinajstić information content (AvgIpc) is 3.50. The summed E-state index contributed by atoms with van der Waals surface area (Å²) < 4.78 is 6.36. The Morgan fingerprint density at radius 2 is 1.82 bits per heavy atom. The number of nitrogens with zero attached hydrogens (tertiary/aromatic N) is 1. The van der Waals surface area contributed by atoms with Crippen molar-refractivity contribution < 1.29 is 9.53 Å². The van der Waals surface area contributed by atoms with E-state index >= 15 is 0 Å². The van der Waals surface area contributed by atoms with E-state index in [1.165, 1.54) is 12.8 Å². The van der Waals surface area contributed by atoms with E-state index in [1.807, 2.05) is 53.4 Å². The van der Waals surface area contributed by atoms with Gasteiger partial charge in [-0.25, -0.2) is 0 Å². The minimum atomic E-state index is -0.524. The summed E-state index contributed by atoms with van der Waals surface area (Å²) in [6, 6.07) is 15.2. The first-order valence-electron chi connectivity index (χ1n) is 9.64. The van der Waals surface area contributed by atoms with Crippen molar-refractivity contribution >= 4 is 29.1 Å². The molecule has 28 heavy (non-hydrogen) atoms. The second-order valence-corrected chi connectivity index (χ2v) is 8.43. The molecule has 1 heterocycles. The molecule has 2 aromatic carbocycles. The monoisotopic (exact) mass is 415 g/mol. The van der Waals surface area contributed by atoms with Crippen LogP contribution in [0.15, 0.2) is 61.2 Å². The highest BCUT2D eigenvalue weighted by Crippen LogP contribution is 2.45. The zero-order valence-corrected chi connectivity index (χ0v) is 17.1. The first kappa shape index (κ1) is 19.5. The highest BCUT2D eigenvalue weighted by Gasteiger charge is 2.45. The van der Waals surface area contributed by atoms with Gasteiger partial charge in [-0.3, -0.25) is 4.79 Å². The third kappa shape index (κ3) is 4.12. The standard InChI is InChI=1S/C23H23Cl2NO2/c1-2-4-20-23(27)26(14-15-7-8-15)21(16-9-11-18(24)12-10-16)22(28-20)17-5-3-6-19(25)13-17/h2-3,5-6,9-13,15,20-22H,1,4,7-8,14H2/t20-,21+,22-/m0/s1. The number of carbonyl (C=O) groups is 1. The fourth-order valence-corrected chi connectivity index (χ4v) is 4.17. The van der Waals surface area contributed by atoms with Crippen molar-refractivity contribution in [3.05, 3.63) is 82.4 Å². The lowest BCUT2D eigenvalue weighted by Crippen LogP contribution is -2.51. The van der Waals surface area contributed by atoms with E-state index in [2.05, 4.69) is 6.58 Å². The summed E-state index contributed by atoms with van der Waals surface area (Å²) in [5.74, 6) is 0.603. The number of hydrogen-bond acceptors (Lipinski definition) is 2. The molecular formula is C23H23Cl2NO2. The summed E-state index contributed by atoms with van der Waals surface area (Å²) in [6.07, 6.45) is 3.75. The van der Waals surface area contributed by atoms with Crippen molar-refractivity contribution in [2.24, 2.45) is 5.92 Å². The maximum Gasteiger partial charge on any atom is 0.252 e. The average molecular weight is 416 g/mol. The van der Waals surface area contributed by atoms with Crippen LogP contribution in [-0.4, -0.2) is 23.5 Å². The summed E-state index contributed by atoms with van der Waals surface area (Å²) >= 11 is 12.4. The summed E-state index contributed by atoms with van der Waals surface area (Å²) in [4.78, 5) is 15.3. The molecule has 4 rings (SSSR count). The van der Waals surface area contributed by atoms with Gasteiger partial charge in [0.05, 0.1) is 6.04 Å². The molecule has 1 amide bonds. The van der Waals surface area contributed by atoms with Crippen LogP contribution < -0.4 is 0 Å². The highest BCUT2D eigenvalue weighted by molar-refractivity contribution is 6.30. The molecule has 0 radical (unpaired) electrons. The molecule has 0 spiro atoms. The van der Waals surface area contributed by atoms with Gasteiger partial charge < -0.3 is 9.64 Å². The van der Waals surface area contributed by atoms with Gasteiger partial charge in [-0.2, -0.15) is 0 Å². The molecule has 1 aliphatic carbocycles. The maximum absolute atomic E-state index is 13.3. The number of hydrogen-bond donors (Lipinski definition) is 0. The Morgan fingerprint density at radius 1 is 1.07 bits per heavy atom. The van der Waals surface area contributed by atoms with Gasteiger partial charge in [0.15, 0.2) is 0 Å². The number of morpholine rings is 1. The second-order valence-electron chi connectivity index (χ2n) is 7.56. The number of carbonyl (C=O) groups excluding carboxylic acids is 1. The Morgan fingerprint density at radius 3 is 2.46 bits per heavy atom. The Balaban J connectivity index is 1.79. The number of halogens is 2. The lowest BCUT2D eigenvalue weighted by atomic mass is 9.91. The van der Waals surface area contributed by atoms with Gasteiger partial charge in [0.2, 0.25) is 0 Å². The summed E-state index contributed by atoms with van der Waals surface area (Å²) in [6.45, 7) is 4.55. The predicted molar refractivity (Wildman–Crippen MR) is 113 cm³/mol. The summed E-state index contributed by atoms with van der Waals surface area (Å²) in [7, 11) is 0. The summed E-state index contributed by atoms with van der Waals surface area (Å²) in [5, 5.41) is 1.33. The van der Waals surface area contributed by atoms with Crippen LogP contribution in [0, 0.1) is 5.92 Å². The van der Waals surface area contributed by atoms with Crippen molar-refractivity contribution in [3.8, 4) is 0 Å². The van der Waals surface area contributed by atoms with Crippen LogP contribution in [0.1, 0.15) is 42.5 Å². The first-order chi connectivity index (χ1) is 13.6. The van der Waals surface area contributed by atoms with Crippen molar-refractivity contribution in [1.82, 2.24) is 4.90 Å². The van der Waals surface area contributed by atoms with E-state index in [4.69, 9.17) is 27.9 Å². The van der Waals surface area contributed by atoms with Crippen LogP contribution in [0.3, 0.4) is 0 Å². The fraction of sp³-hybridized carbons (Fsp3) is 0.348. The van der Waals surface area contributed by atoms with Crippen LogP contribution >= 0.6 is 23.2 Å². The van der Waals surface area contributed by atoms with E-state index in [1.54, 1.807) is 6.08 Å². The third-order valence-corrected chi connectivity index (χ3v) is 5.90. The van der Waals surface area contributed by atoms with Crippen molar-refractivity contribution in [3.63, 3.8) is 0 Å². The zero-order chi connectivity index (χ0) is 19.7. The number of amides is 1. The molecule has 146 valence electrons. The van der Waals surface area contributed by atoms with Gasteiger partial charge in [-0.1, -0.05) is 53.5 Å². The van der Waals surface area contributed by atoms with Crippen molar-refractivity contribution in [2.75, 3.05) is 6.54 Å². The molecule has 1 saturated carbocycles. The lowest BCUT2D eigenvalue weighted by Gasteiger charge is -2.45. The predicted octanol–water partition coefficient (Wildman–Crippen LogP) is 5.99. The smallest absolute Gasteiger partial charge is 0.252 e. The molecule has 0 unspecified atom stereocenters. The van der Waals surface area contributed by atoms with Gasteiger partial charge in [-0.05, 0) is 54.2 Å². The van der Waals surface area contributed by atoms with Gasteiger partial charge >= 0.3 is 0 Å². The third-order valence-electron chi connectivity index (χ3n) is 5.41. The molecule has 2 aromatic rings. The van der Waals surface area contributed by atoms with Crippen LogP contribution in [0.4, 0.5) is 0 Å². The lowest BCUT2D eigenvalue weighted by molar-refractivity contribution is -0.174. The van der Waals surface area contributed by atoms with E-state index in [0.29, 0.717) is 22.4 Å². The fourth-order valence-electron chi connectivity index (χ4n) is 3.84. The minimum absolute atomic E-state index is 0.0324. The topological polar surface area (TPSA) is 29.5 Å². The molecule has 1 aliphatic heterocycles. The molecule has 0 bridgehead atoms. The minimum Gasteiger partial charge on any atom is -0.358 e. The van der Waals surface area contributed by atoms with Crippen molar-refractivity contribution in [2.45, 2.75) is 37.5 Å². The molecule has 2 fully saturated rings. The van der Waals surface area contributed by atoms with Crippen LogP contribution in [-0.2, 0) is 9.53 Å². The molecular weight excluding hydrogens is 393 g/mol. The first-order valence-corrected chi connectivity index (χ1v) is 10.4. The molecule has 5 heteroatoms. The van der Waals surface area contributed by atoms with Crippen LogP contribution in [0.25, 0.3) is 0 Å². The Labute approximate surface area is 175 Å². The highest BCUT2D eigenvalue weighted by atomic mass is 35.5. The molecule has 2 aliphatic rings. The van der Waals surface area contributed by atoms with Gasteiger partial charge in [0.1, 0.15) is 12.2 Å². The quantitative estimate of drug-likeness (QED) is 0.542. The largest absolute Gasteiger partial charge is 0.358 e. The van der Waals surface area contributed by atoms with Gasteiger partial charge in [0, 0.05) is 23.0 Å². The molecule has 3 atom stereocenters. The Kier molecular flexibility index (Phi) is 5.77. The Bertz CT molecular complexity index is 863. The maximum atomic E-state index is 13.3. The SMILES string of the molecule is C=CC[C@@H]1O[C@@H](c2cccc(Cl)c2)[C@@H](c2ccc(Cl)cc2)N(CC2CC2)C1=O. The molecule has 3 nitrogen and oxygen atoms in total. The van der Waals surface area contributed by atoms with E-state index in [0.717, 1.165) is 17.7 Å². The Hall–Kier alpha value is -1.81. The molecule has 0 N–H and O–H groups in total. The zero-order valence-electron chi connectivity index (χ0n) is 15.6. The van der Waals surface area contributed by atoms with Crippen molar-refractivity contribution in [1.29, 1.82) is 0 Å². The second kappa shape index (κ2) is 8.28. The number of ether oxygens (including phenoxy) is 1. The number of rotatable bonds is 6. The van der Waals surface area contributed by atoms with E-state index in [-0.39, 0.29) is 18.1 Å². The number of benzene rings is 2. The van der Waals surface area contributed by atoms with Crippen LogP contribution in [0.5, 0.6) is 0 Å². The van der Waals surface area contributed by atoms with Crippen LogP contribution in [0.2, 0.25) is 10.0 Å². The molecule has 1 saturated heterocycles. The van der Waals surface area contributed by atoms with Gasteiger partial charge in [-0.15, -0.1) is 6.58 Å². The van der Waals surface area contributed by atoms with E-state index < -0.39 is 6.10 Å². The normalized spacial score (nSPS) is 25.0. The summed E-state index contributed by atoms with van der Waals surface area (Å²) in [5.41, 5.74) is 1.98. The van der Waals surface area contributed by atoms with E-state index in [9.17, 15) is 4.79 Å². The molecule has 0 aromatic heterocycles. The van der Waals surface area contributed by atoms with Gasteiger partial charge in [0.25, 0.3) is 5.91 Å².